The van der Waals surface area contributed by atoms with Gasteiger partial charge in [0.2, 0.25) is 0 Å². The molecule has 1 aliphatic heterocycles. The molecule has 0 unspecified atom stereocenters. The quantitative estimate of drug-likeness (QED) is 0.773. The van der Waals surface area contributed by atoms with Gasteiger partial charge in [-0.25, -0.2) is 0 Å². The van der Waals surface area contributed by atoms with E-state index in [2.05, 4.69) is 27.7 Å². The van der Waals surface area contributed by atoms with Gasteiger partial charge in [-0.15, -0.1) is 0 Å². The average Bonchev–Trinajstić information content (AvgIpc) is 2.99. The lowest BCUT2D eigenvalue weighted by Gasteiger charge is -2.40. The lowest BCUT2D eigenvalue weighted by molar-refractivity contribution is -0.117. The number of fused-ring (bicyclic) bond motifs is 2. The zero-order valence-corrected chi connectivity index (χ0v) is 15.2. The summed E-state index contributed by atoms with van der Waals surface area (Å²) in [6, 6.07) is 0. The van der Waals surface area contributed by atoms with Crippen LogP contribution in [0.3, 0.4) is 0 Å². The molecule has 1 heterocycles. The van der Waals surface area contributed by atoms with Crippen LogP contribution < -0.4 is 0 Å². The first-order chi connectivity index (χ1) is 11.2. The third kappa shape index (κ3) is 1.94. The van der Waals surface area contributed by atoms with E-state index in [1.165, 1.54) is 0 Å². The topological polar surface area (TPSA) is 66.8 Å². The monoisotopic (exact) mass is 334 g/mol. The van der Waals surface area contributed by atoms with Gasteiger partial charge in [0.15, 0.2) is 5.78 Å². The maximum atomic E-state index is 12.4. The van der Waals surface area contributed by atoms with Crippen LogP contribution >= 0.6 is 0 Å². The van der Waals surface area contributed by atoms with E-state index in [1.807, 2.05) is 0 Å². The lowest BCUT2D eigenvalue weighted by Crippen LogP contribution is -2.41. The Kier molecular flexibility index (Phi) is 3.59. The van der Waals surface area contributed by atoms with Gasteiger partial charge in [0, 0.05) is 17.9 Å². The number of hydrogen-bond acceptors (Lipinski definition) is 4. The Balaban J connectivity index is 1.86. The Morgan fingerprint density at radius 1 is 1.12 bits per heavy atom. The van der Waals surface area contributed by atoms with Crippen LogP contribution in [0.25, 0.3) is 0 Å². The molecule has 0 bridgehead atoms. The molecule has 3 aliphatic carbocycles. The van der Waals surface area contributed by atoms with Crippen molar-refractivity contribution in [3.05, 3.63) is 11.1 Å². The Hall–Kier alpha value is -0.710. The minimum absolute atomic E-state index is 0.00393. The maximum absolute atomic E-state index is 12.4. The van der Waals surface area contributed by atoms with E-state index in [0.29, 0.717) is 18.9 Å². The van der Waals surface area contributed by atoms with Crippen molar-refractivity contribution in [2.24, 2.45) is 28.6 Å². The minimum atomic E-state index is -0.779. The SMILES string of the molecule is CC(C)[C@H]1[C@@H](O)[C@@H](O)[C@@H]2[C@H]3OCC4=C3[C@@](C)(CCC4=O)CC[C@@]21C. The molecule has 2 N–H and O–H groups in total. The van der Waals surface area contributed by atoms with Gasteiger partial charge in [0.05, 0.1) is 24.9 Å². The second-order valence-corrected chi connectivity index (χ2v) is 9.39. The fourth-order valence-corrected chi connectivity index (χ4v) is 6.65. The number of Topliss-reactive ketones (excluding diaryl/α,β-unsaturated/α-hetero) is 1. The first-order valence-electron chi connectivity index (χ1n) is 9.45. The van der Waals surface area contributed by atoms with Crippen LogP contribution in [0.2, 0.25) is 0 Å². The third-order valence-corrected chi connectivity index (χ3v) is 7.78. The van der Waals surface area contributed by atoms with Crippen molar-refractivity contribution in [3.63, 3.8) is 0 Å². The van der Waals surface area contributed by atoms with Crippen molar-refractivity contribution in [2.45, 2.75) is 71.7 Å². The maximum Gasteiger partial charge on any atom is 0.161 e. The average molecular weight is 334 g/mol. The summed E-state index contributed by atoms with van der Waals surface area (Å²) in [7, 11) is 0. The van der Waals surface area contributed by atoms with Gasteiger partial charge in [-0.05, 0) is 47.5 Å². The van der Waals surface area contributed by atoms with Crippen LogP contribution in [0.15, 0.2) is 11.1 Å². The van der Waals surface area contributed by atoms with Crippen LogP contribution in [0.1, 0.15) is 53.4 Å². The molecule has 0 amide bonds. The number of carbonyl (C=O) groups is 1. The minimum Gasteiger partial charge on any atom is -0.390 e. The van der Waals surface area contributed by atoms with Crippen molar-refractivity contribution in [1.29, 1.82) is 0 Å². The molecule has 0 aromatic rings. The highest BCUT2D eigenvalue weighted by molar-refractivity contribution is 5.98. The summed E-state index contributed by atoms with van der Waals surface area (Å²) in [6.45, 7) is 9.16. The summed E-state index contributed by atoms with van der Waals surface area (Å²) in [5.41, 5.74) is 1.86. The van der Waals surface area contributed by atoms with Crippen LogP contribution in [0.4, 0.5) is 0 Å². The van der Waals surface area contributed by atoms with E-state index in [1.54, 1.807) is 0 Å². The number of carbonyl (C=O) groups excluding carboxylic acids is 1. The van der Waals surface area contributed by atoms with E-state index in [0.717, 1.165) is 30.4 Å². The molecule has 4 heteroatoms. The molecule has 0 radical (unpaired) electrons. The summed E-state index contributed by atoms with van der Waals surface area (Å²) < 4.78 is 6.15. The molecule has 24 heavy (non-hydrogen) atoms. The molecule has 4 aliphatic rings. The van der Waals surface area contributed by atoms with E-state index < -0.39 is 12.2 Å². The van der Waals surface area contributed by atoms with Gasteiger partial charge >= 0.3 is 0 Å². The highest BCUT2D eigenvalue weighted by atomic mass is 16.5. The number of ketones is 1. The highest BCUT2D eigenvalue weighted by Crippen LogP contribution is 2.63. The molecular formula is C20H30O4. The number of ether oxygens (including phenoxy) is 1. The van der Waals surface area contributed by atoms with Crippen LogP contribution in [-0.2, 0) is 9.53 Å². The Labute approximate surface area is 144 Å². The predicted octanol–water partition coefficient (Wildman–Crippen LogP) is 2.47. The van der Waals surface area contributed by atoms with E-state index in [-0.39, 0.29) is 34.6 Å². The molecule has 134 valence electrons. The molecule has 0 saturated heterocycles. The van der Waals surface area contributed by atoms with Gasteiger partial charge in [-0.1, -0.05) is 27.7 Å². The van der Waals surface area contributed by atoms with Crippen molar-refractivity contribution < 1.29 is 19.7 Å². The fourth-order valence-electron chi connectivity index (χ4n) is 6.65. The molecule has 2 saturated carbocycles. The second-order valence-electron chi connectivity index (χ2n) is 9.39. The summed E-state index contributed by atoms with van der Waals surface area (Å²) >= 11 is 0. The standard InChI is InChI=1S/C20H30O4/c1-10(2)13-16(22)17(23)15-18-14-11(9-24-18)12(21)5-6-19(14,3)7-8-20(13,15)4/h10,13,15-18,22-23H,5-9H2,1-4H3/t13-,15+,16+,17-,18-,19-,20+/m0/s1. The third-order valence-electron chi connectivity index (χ3n) is 7.78. The Morgan fingerprint density at radius 2 is 1.83 bits per heavy atom. The Bertz CT molecular complexity index is 609. The van der Waals surface area contributed by atoms with E-state index in [9.17, 15) is 15.0 Å². The predicted molar refractivity (Wildman–Crippen MR) is 90.3 cm³/mol. The fraction of sp³-hybridized carbons (Fsp3) is 0.850. The van der Waals surface area contributed by atoms with Crippen molar-refractivity contribution in [1.82, 2.24) is 0 Å². The van der Waals surface area contributed by atoms with Gasteiger partial charge in [0.1, 0.15) is 0 Å². The first-order valence-corrected chi connectivity index (χ1v) is 9.45. The summed E-state index contributed by atoms with van der Waals surface area (Å²) in [6.07, 6.45) is 1.78. The Morgan fingerprint density at radius 3 is 2.50 bits per heavy atom. The first kappa shape index (κ1) is 16.7. The summed E-state index contributed by atoms with van der Waals surface area (Å²) in [4.78, 5) is 12.4. The zero-order chi connectivity index (χ0) is 17.4. The molecular weight excluding hydrogens is 304 g/mol. The molecule has 4 rings (SSSR count). The van der Waals surface area contributed by atoms with Crippen molar-refractivity contribution in [3.8, 4) is 0 Å². The summed E-state index contributed by atoms with van der Waals surface area (Å²) in [5, 5.41) is 21.7. The molecule has 2 fully saturated rings. The van der Waals surface area contributed by atoms with Gasteiger partial charge in [-0.3, -0.25) is 4.79 Å². The lowest BCUT2D eigenvalue weighted by atomic mass is 9.66. The largest absolute Gasteiger partial charge is 0.390 e. The van der Waals surface area contributed by atoms with Crippen LogP contribution in [0.5, 0.6) is 0 Å². The zero-order valence-electron chi connectivity index (χ0n) is 15.2. The number of aliphatic hydroxyl groups excluding tert-OH is 2. The van der Waals surface area contributed by atoms with Crippen LogP contribution in [0, 0.1) is 28.6 Å². The van der Waals surface area contributed by atoms with Crippen LogP contribution in [-0.4, -0.2) is 40.9 Å². The molecule has 7 atom stereocenters. The highest BCUT2D eigenvalue weighted by Gasteiger charge is 2.65. The number of aliphatic hydroxyl groups is 2. The summed E-state index contributed by atoms with van der Waals surface area (Å²) in [5.74, 6) is 0.460. The van der Waals surface area contributed by atoms with Gasteiger partial charge in [0.25, 0.3) is 0 Å². The molecule has 0 aromatic heterocycles. The molecule has 0 spiro atoms. The van der Waals surface area contributed by atoms with E-state index in [4.69, 9.17) is 4.74 Å². The van der Waals surface area contributed by atoms with Crippen molar-refractivity contribution >= 4 is 5.78 Å². The van der Waals surface area contributed by atoms with Gasteiger partial charge < -0.3 is 14.9 Å². The number of rotatable bonds is 1. The smallest absolute Gasteiger partial charge is 0.161 e. The normalized spacial score (nSPS) is 51.0. The van der Waals surface area contributed by atoms with Crippen molar-refractivity contribution in [2.75, 3.05) is 6.61 Å². The molecule has 4 nitrogen and oxygen atoms in total. The molecule has 0 aromatic carbocycles. The van der Waals surface area contributed by atoms with E-state index >= 15 is 0 Å². The van der Waals surface area contributed by atoms with Gasteiger partial charge in [-0.2, -0.15) is 0 Å². The number of hydrogen-bond donors (Lipinski definition) is 2. The second kappa shape index (κ2) is 5.15.